The standard InChI is InChI=1S/C6H9O3/c1-3-5(7)6(8)9-4-2/h1,3-4H2,2H3. The molecular formula is C6H9O3. The first-order valence-corrected chi connectivity index (χ1v) is 2.71. The Morgan fingerprint density at radius 1 is 1.56 bits per heavy atom. The molecular weight excluding hydrogens is 120 g/mol. The minimum absolute atomic E-state index is 0.0289. The van der Waals surface area contributed by atoms with Crippen LogP contribution in [0.15, 0.2) is 0 Å². The molecule has 51 valence electrons. The van der Waals surface area contributed by atoms with Gasteiger partial charge in [0.1, 0.15) is 0 Å². The molecule has 0 bridgehead atoms. The van der Waals surface area contributed by atoms with Crippen LogP contribution in [-0.2, 0) is 14.3 Å². The summed E-state index contributed by atoms with van der Waals surface area (Å²) in [5.74, 6) is -1.36. The van der Waals surface area contributed by atoms with Crippen molar-refractivity contribution in [2.75, 3.05) is 6.61 Å². The normalized spacial score (nSPS) is 8.67. The summed E-state index contributed by atoms with van der Waals surface area (Å²) in [7, 11) is 0. The monoisotopic (exact) mass is 129 g/mol. The maximum absolute atomic E-state index is 10.4. The minimum Gasteiger partial charge on any atom is -0.460 e. The third-order valence-corrected chi connectivity index (χ3v) is 0.730. The van der Waals surface area contributed by atoms with Crippen LogP contribution in [0.4, 0.5) is 0 Å². The van der Waals surface area contributed by atoms with Gasteiger partial charge in [-0.05, 0) is 13.8 Å². The first kappa shape index (κ1) is 8.14. The fourth-order valence-electron chi connectivity index (χ4n) is 0.314. The Labute approximate surface area is 54.0 Å². The van der Waals surface area contributed by atoms with Gasteiger partial charge in [-0.3, -0.25) is 4.79 Å². The third kappa shape index (κ3) is 2.85. The summed E-state index contributed by atoms with van der Waals surface area (Å²) >= 11 is 0. The smallest absolute Gasteiger partial charge is 0.374 e. The summed E-state index contributed by atoms with van der Waals surface area (Å²) in [6, 6.07) is 0. The lowest BCUT2D eigenvalue weighted by molar-refractivity contribution is -0.153. The fraction of sp³-hybridized carbons (Fsp3) is 0.500. The highest BCUT2D eigenvalue weighted by molar-refractivity contribution is 6.33. The molecule has 0 atom stereocenters. The van der Waals surface area contributed by atoms with Crippen molar-refractivity contribution in [3.8, 4) is 0 Å². The van der Waals surface area contributed by atoms with Crippen molar-refractivity contribution in [2.45, 2.75) is 13.3 Å². The fourth-order valence-corrected chi connectivity index (χ4v) is 0.314. The molecule has 0 aliphatic heterocycles. The van der Waals surface area contributed by atoms with Gasteiger partial charge in [0.15, 0.2) is 0 Å². The van der Waals surface area contributed by atoms with E-state index in [2.05, 4.69) is 11.7 Å². The van der Waals surface area contributed by atoms with E-state index in [9.17, 15) is 9.59 Å². The highest BCUT2D eigenvalue weighted by Crippen LogP contribution is 1.84. The van der Waals surface area contributed by atoms with E-state index in [-0.39, 0.29) is 13.0 Å². The topological polar surface area (TPSA) is 43.4 Å². The number of ether oxygens (including phenoxy) is 1. The van der Waals surface area contributed by atoms with E-state index in [1.54, 1.807) is 6.92 Å². The van der Waals surface area contributed by atoms with Crippen LogP contribution in [0, 0.1) is 6.92 Å². The van der Waals surface area contributed by atoms with Crippen LogP contribution in [0.2, 0.25) is 0 Å². The zero-order valence-electron chi connectivity index (χ0n) is 5.35. The molecule has 0 saturated heterocycles. The summed E-state index contributed by atoms with van der Waals surface area (Å²) in [5.41, 5.74) is 0. The van der Waals surface area contributed by atoms with Crippen LogP contribution >= 0.6 is 0 Å². The van der Waals surface area contributed by atoms with E-state index < -0.39 is 11.8 Å². The molecule has 0 N–H and O–H groups in total. The molecule has 3 heteroatoms. The molecule has 0 aromatic rings. The first-order chi connectivity index (χ1) is 4.22. The highest BCUT2D eigenvalue weighted by atomic mass is 16.5. The average Bonchev–Trinajstić information content (AvgIpc) is 1.87. The van der Waals surface area contributed by atoms with Crippen molar-refractivity contribution in [2.24, 2.45) is 0 Å². The Morgan fingerprint density at radius 2 is 2.11 bits per heavy atom. The molecule has 9 heavy (non-hydrogen) atoms. The Kier molecular flexibility index (Phi) is 3.67. The van der Waals surface area contributed by atoms with Gasteiger partial charge in [0.25, 0.3) is 0 Å². The molecule has 0 spiro atoms. The van der Waals surface area contributed by atoms with E-state index >= 15 is 0 Å². The lowest BCUT2D eigenvalue weighted by atomic mass is 10.3. The molecule has 0 saturated carbocycles. The molecule has 0 fully saturated rings. The van der Waals surface area contributed by atoms with Gasteiger partial charge < -0.3 is 4.74 Å². The van der Waals surface area contributed by atoms with Gasteiger partial charge in [-0.15, -0.1) is 0 Å². The molecule has 0 aliphatic rings. The minimum atomic E-state index is -0.785. The maximum Gasteiger partial charge on any atom is 0.374 e. The molecule has 0 aromatic heterocycles. The second-order valence-corrected chi connectivity index (χ2v) is 1.39. The third-order valence-electron chi connectivity index (χ3n) is 0.730. The van der Waals surface area contributed by atoms with Crippen LogP contribution in [0.25, 0.3) is 0 Å². The van der Waals surface area contributed by atoms with Crippen LogP contribution in [0.3, 0.4) is 0 Å². The van der Waals surface area contributed by atoms with E-state index in [0.717, 1.165) is 0 Å². The second kappa shape index (κ2) is 4.06. The lowest BCUT2D eigenvalue weighted by Crippen LogP contribution is -2.15. The number of esters is 1. The summed E-state index contributed by atoms with van der Waals surface area (Å²) in [6.45, 7) is 5.13. The summed E-state index contributed by atoms with van der Waals surface area (Å²) in [4.78, 5) is 20.7. The number of Topliss-reactive ketones (excluding diaryl/α,β-unsaturated/α-hetero) is 1. The van der Waals surface area contributed by atoms with Crippen LogP contribution in [0.5, 0.6) is 0 Å². The predicted molar refractivity (Wildman–Crippen MR) is 31.6 cm³/mol. The van der Waals surface area contributed by atoms with Gasteiger partial charge in [0.2, 0.25) is 5.78 Å². The Balaban J connectivity index is 3.60. The molecule has 1 radical (unpaired) electrons. The van der Waals surface area contributed by atoms with Crippen molar-refractivity contribution in [1.82, 2.24) is 0 Å². The van der Waals surface area contributed by atoms with Crippen molar-refractivity contribution < 1.29 is 14.3 Å². The number of ketones is 1. The summed E-state index contributed by atoms with van der Waals surface area (Å²) in [6.07, 6.45) is -0.0289. The van der Waals surface area contributed by atoms with Crippen molar-refractivity contribution in [1.29, 1.82) is 0 Å². The lowest BCUT2D eigenvalue weighted by Gasteiger charge is -1.95. The van der Waals surface area contributed by atoms with Crippen molar-refractivity contribution in [3.05, 3.63) is 6.92 Å². The Hall–Kier alpha value is -0.860. The molecule has 0 aromatic carbocycles. The number of rotatable bonds is 3. The number of hydrogen-bond donors (Lipinski definition) is 0. The number of carbonyl (C=O) groups is 2. The molecule has 0 unspecified atom stereocenters. The van der Waals surface area contributed by atoms with Crippen LogP contribution in [-0.4, -0.2) is 18.4 Å². The predicted octanol–water partition coefficient (Wildman–Crippen LogP) is 0.343. The van der Waals surface area contributed by atoms with Crippen LogP contribution < -0.4 is 0 Å². The van der Waals surface area contributed by atoms with Gasteiger partial charge >= 0.3 is 5.97 Å². The van der Waals surface area contributed by atoms with E-state index in [4.69, 9.17) is 0 Å². The number of hydrogen-bond acceptors (Lipinski definition) is 3. The van der Waals surface area contributed by atoms with Gasteiger partial charge in [-0.1, -0.05) is 0 Å². The Morgan fingerprint density at radius 3 is 2.44 bits per heavy atom. The zero-order valence-corrected chi connectivity index (χ0v) is 5.35. The van der Waals surface area contributed by atoms with Gasteiger partial charge in [-0.25, -0.2) is 4.79 Å². The second-order valence-electron chi connectivity index (χ2n) is 1.39. The molecule has 3 nitrogen and oxygen atoms in total. The molecule has 0 rings (SSSR count). The first-order valence-electron chi connectivity index (χ1n) is 2.71. The Bertz CT molecular complexity index is 117. The van der Waals surface area contributed by atoms with E-state index in [1.165, 1.54) is 0 Å². The van der Waals surface area contributed by atoms with E-state index in [0.29, 0.717) is 0 Å². The molecule has 0 heterocycles. The van der Waals surface area contributed by atoms with Gasteiger partial charge in [0.05, 0.1) is 6.61 Å². The largest absolute Gasteiger partial charge is 0.460 e. The zero-order chi connectivity index (χ0) is 7.28. The van der Waals surface area contributed by atoms with E-state index in [1.807, 2.05) is 0 Å². The SMILES string of the molecule is [CH2]CC(=O)C(=O)OCC. The highest BCUT2D eigenvalue weighted by Gasteiger charge is 2.10. The summed E-state index contributed by atoms with van der Waals surface area (Å²) in [5, 5.41) is 0. The average molecular weight is 129 g/mol. The van der Waals surface area contributed by atoms with Crippen LogP contribution in [0.1, 0.15) is 13.3 Å². The van der Waals surface area contributed by atoms with Gasteiger partial charge in [0, 0.05) is 6.42 Å². The van der Waals surface area contributed by atoms with Crippen molar-refractivity contribution >= 4 is 11.8 Å². The van der Waals surface area contributed by atoms with Gasteiger partial charge in [-0.2, -0.15) is 0 Å². The van der Waals surface area contributed by atoms with Crippen molar-refractivity contribution in [3.63, 3.8) is 0 Å². The summed E-state index contributed by atoms with van der Waals surface area (Å²) < 4.78 is 4.37. The quantitative estimate of drug-likeness (QED) is 0.407. The molecule has 0 aliphatic carbocycles. The maximum atomic E-state index is 10.4. The number of carbonyl (C=O) groups excluding carboxylic acids is 2. The molecule has 0 amide bonds.